The molecule has 0 aromatic heterocycles. The van der Waals surface area contributed by atoms with E-state index in [-0.39, 0.29) is 0 Å². The van der Waals surface area contributed by atoms with Crippen LogP contribution in [0.25, 0.3) is 0 Å². The van der Waals surface area contributed by atoms with Gasteiger partial charge in [0.05, 0.1) is 6.61 Å². The summed E-state index contributed by atoms with van der Waals surface area (Å²) >= 11 is 0. The molecule has 12 heavy (non-hydrogen) atoms. The Morgan fingerprint density at radius 2 is 2.08 bits per heavy atom. The summed E-state index contributed by atoms with van der Waals surface area (Å²) in [6, 6.07) is 0.581. The second kappa shape index (κ2) is 5.55. The molecule has 2 nitrogen and oxygen atoms in total. The highest BCUT2D eigenvalue weighted by atomic mass is 16.5. The van der Waals surface area contributed by atoms with E-state index in [0.29, 0.717) is 6.04 Å². The lowest BCUT2D eigenvalue weighted by Crippen LogP contribution is -2.26. The third-order valence-corrected chi connectivity index (χ3v) is 2.17. The van der Waals surface area contributed by atoms with Gasteiger partial charge in [0, 0.05) is 19.2 Å². The van der Waals surface area contributed by atoms with Crippen molar-refractivity contribution in [3.05, 3.63) is 0 Å². The molecule has 1 rings (SSSR count). The first-order chi connectivity index (χ1) is 5.79. The average Bonchev–Trinajstić information content (AvgIpc) is 2.79. The van der Waals surface area contributed by atoms with E-state index < -0.39 is 0 Å². The van der Waals surface area contributed by atoms with Crippen LogP contribution in [0.2, 0.25) is 0 Å². The molecule has 1 aliphatic rings. The lowest BCUT2D eigenvalue weighted by molar-refractivity contribution is 0.128. The van der Waals surface area contributed by atoms with Gasteiger partial charge in [-0.1, -0.05) is 26.7 Å². The third kappa shape index (κ3) is 5.56. The molecule has 0 heterocycles. The van der Waals surface area contributed by atoms with Crippen molar-refractivity contribution in [3.63, 3.8) is 0 Å². The fraction of sp³-hybridized carbons (Fsp3) is 1.00. The summed E-state index contributed by atoms with van der Waals surface area (Å²) in [5.74, 6) is 1.00. The Bertz CT molecular complexity index is 104. The summed E-state index contributed by atoms with van der Waals surface area (Å²) < 4.78 is 5.47. The zero-order chi connectivity index (χ0) is 8.81. The summed E-state index contributed by atoms with van der Waals surface area (Å²) in [4.78, 5) is 0. The van der Waals surface area contributed by atoms with Crippen molar-refractivity contribution in [2.24, 2.45) is 5.92 Å². The fourth-order valence-corrected chi connectivity index (χ4v) is 1.18. The summed E-state index contributed by atoms with van der Waals surface area (Å²) in [5.41, 5.74) is 0. The summed E-state index contributed by atoms with van der Waals surface area (Å²) in [6.45, 7) is 7.13. The molecule has 0 radical (unpaired) electrons. The largest absolute Gasteiger partial charge is 0.380 e. The molecular formula is C10H21NO. The van der Waals surface area contributed by atoms with Gasteiger partial charge in [-0.2, -0.15) is 0 Å². The first-order valence-electron chi connectivity index (χ1n) is 5.10. The molecule has 2 heteroatoms. The highest BCUT2D eigenvalue weighted by molar-refractivity contribution is 4.72. The van der Waals surface area contributed by atoms with Gasteiger partial charge in [-0.15, -0.1) is 0 Å². The van der Waals surface area contributed by atoms with E-state index in [0.717, 1.165) is 25.7 Å². The molecule has 0 unspecified atom stereocenters. The fourth-order valence-electron chi connectivity index (χ4n) is 1.18. The SMILES string of the molecule is CC(C)NCCOCCC1CC1. The number of hydrogen-bond acceptors (Lipinski definition) is 2. The molecule has 0 atom stereocenters. The highest BCUT2D eigenvalue weighted by Gasteiger charge is 2.20. The minimum Gasteiger partial charge on any atom is -0.380 e. The van der Waals surface area contributed by atoms with Crippen molar-refractivity contribution in [1.82, 2.24) is 5.32 Å². The minimum absolute atomic E-state index is 0.581. The summed E-state index contributed by atoms with van der Waals surface area (Å²) in [7, 11) is 0. The second-order valence-corrected chi connectivity index (χ2v) is 3.95. The third-order valence-electron chi connectivity index (χ3n) is 2.17. The maximum absolute atomic E-state index is 5.47. The van der Waals surface area contributed by atoms with Crippen LogP contribution in [0.4, 0.5) is 0 Å². The number of hydrogen-bond donors (Lipinski definition) is 1. The number of ether oxygens (including phenoxy) is 1. The molecule has 1 aliphatic carbocycles. The van der Waals surface area contributed by atoms with Crippen LogP contribution in [0.1, 0.15) is 33.1 Å². The van der Waals surface area contributed by atoms with Crippen LogP contribution in [-0.2, 0) is 4.74 Å². The van der Waals surface area contributed by atoms with Crippen LogP contribution >= 0.6 is 0 Å². The summed E-state index contributed by atoms with van der Waals surface area (Å²) in [5, 5.41) is 3.32. The lowest BCUT2D eigenvalue weighted by Gasteiger charge is -2.07. The van der Waals surface area contributed by atoms with Gasteiger partial charge >= 0.3 is 0 Å². The zero-order valence-electron chi connectivity index (χ0n) is 8.31. The Morgan fingerprint density at radius 3 is 2.67 bits per heavy atom. The van der Waals surface area contributed by atoms with Crippen LogP contribution in [0.3, 0.4) is 0 Å². The monoisotopic (exact) mass is 171 g/mol. The molecule has 0 saturated heterocycles. The van der Waals surface area contributed by atoms with Crippen LogP contribution in [0.15, 0.2) is 0 Å². The second-order valence-electron chi connectivity index (χ2n) is 3.95. The number of nitrogens with one attached hydrogen (secondary N) is 1. The van der Waals surface area contributed by atoms with Crippen LogP contribution in [-0.4, -0.2) is 25.8 Å². The van der Waals surface area contributed by atoms with E-state index in [4.69, 9.17) is 4.74 Å². The maximum atomic E-state index is 5.47. The van der Waals surface area contributed by atoms with Crippen molar-refractivity contribution in [1.29, 1.82) is 0 Å². The average molecular weight is 171 g/mol. The Hall–Kier alpha value is -0.0800. The Morgan fingerprint density at radius 1 is 1.33 bits per heavy atom. The predicted molar refractivity (Wildman–Crippen MR) is 51.3 cm³/mol. The van der Waals surface area contributed by atoms with Crippen molar-refractivity contribution < 1.29 is 4.74 Å². The molecule has 0 aromatic rings. The quantitative estimate of drug-likeness (QED) is 0.590. The zero-order valence-corrected chi connectivity index (χ0v) is 8.31. The molecule has 0 aliphatic heterocycles. The number of rotatable bonds is 7. The smallest absolute Gasteiger partial charge is 0.0590 e. The van der Waals surface area contributed by atoms with Crippen LogP contribution < -0.4 is 5.32 Å². The first-order valence-corrected chi connectivity index (χ1v) is 5.10. The van der Waals surface area contributed by atoms with Crippen LogP contribution in [0.5, 0.6) is 0 Å². The van der Waals surface area contributed by atoms with Gasteiger partial charge in [0.15, 0.2) is 0 Å². The van der Waals surface area contributed by atoms with Gasteiger partial charge in [-0.25, -0.2) is 0 Å². The molecule has 1 N–H and O–H groups in total. The standard InChI is InChI=1S/C10H21NO/c1-9(2)11-6-8-12-7-5-10-3-4-10/h9-11H,3-8H2,1-2H3. The molecule has 0 amide bonds. The van der Waals surface area contributed by atoms with E-state index in [9.17, 15) is 0 Å². The summed E-state index contributed by atoms with van der Waals surface area (Å²) in [6.07, 6.45) is 4.16. The van der Waals surface area contributed by atoms with Crippen molar-refractivity contribution in [3.8, 4) is 0 Å². The maximum Gasteiger partial charge on any atom is 0.0590 e. The Balaban J connectivity index is 1.70. The van der Waals surface area contributed by atoms with E-state index in [2.05, 4.69) is 19.2 Å². The first kappa shape index (κ1) is 10.0. The molecule has 0 bridgehead atoms. The van der Waals surface area contributed by atoms with Gasteiger partial charge in [0.2, 0.25) is 0 Å². The predicted octanol–water partition coefficient (Wildman–Crippen LogP) is 1.80. The molecule has 0 aromatic carbocycles. The molecule has 1 saturated carbocycles. The molecule has 0 spiro atoms. The molecular weight excluding hydrogens is 150 g/mol. The van der Waals surface area contributed by atoms with E-state index >= 15 is 0 Å². The van der Waals surface area contributed by atoms with Gasteiger partial charge in [0.25, 0.3) is 0 Å². The van der Waals surface area contributed by atoms with Crippen molar-refractivity contribution in [2.75, 3.05) is 19.8 Å². The Kier molecular flexibility index (Phi) is 4.62. The van der Waals surface area contributed by atoms with Gasteiger partial charge in [-0.05, 0) is 12.3 Å². The van der Waals surface area contributed by atoms with E-state index in [1.165, 1.54) is 19.3 Å². The van der Waals surface area contributed by atoms with Crippen LogP contribution in [0, 0.1) is 5.92 Å². The Labute approximate surface area is 75.7 Å². The van der Waals surface area contributed by atoms with Gasteiger partial charge in [-0.3, -0.25) is 0 Å². The topological polar surface area (TPSA) is 21.3 Å². The van der Waals surface area contributed by atoms with E-state index in [1.54, 1.807) is 0 Å². The molecule has 72 valence electrons. The van der Waals surface area contributed by atoms with E-state index in [1.807, 2.05) is 0 Å². The molecule has 1 fully saturated rings. The lowest BCUT2D eigenvalue weighted by atomic mass is 10.3. The van der Waals surface area contributed by atoms with Crippen molar-refractivity contribution in [2.45, 2.75) is 39.2 Å². The van der Waals surface area contributed by atoms with Gasteiger partial charge < -0.3 is 10.1 Å². The highest BCUT2D eigenvalue weighted by Crippen LogP contribution is 2.31. The normalized spacial score (nSPS) is 17.2. The van der Waals surface area contributed by atoms with Crippen molar-refractivity contribution >= 4 is 0 Å². The van der Waals surface area contributed by atoms with Gasteiger partial charge in [0.1, 0.15) is 0 Å². The minimum atomic E-state index is 0.581.